The summed E-state index contributed by atoms with van der Waals surface area (Å²) in [4.78, 5) is 2.60. The number of nitrogens with zero attached hydrogens (tertiary/aromatic N) is 2. The molecule has 0 spiro atoms. The Balaban J connectivity index is 1.76. The number of benzene rings is 1. The molecule has 23 heavy (non-hydrogen) atoms. The summed E-state index contributed by atoms with van der Waals surface area (Å²) in [5.41, 5.74) is 5.78. The van der Waals surface area contributed by atoms with Gasteiger partial charge in [0, 0.05) is 49.8 Å². The average molecular weight is 313 g/mol. The molecule has 0 radical (unpaired) electrons. The minimum Gasteiger partial charge on any atom is -0.347 e. The number of rotatable bonds is 6. The smallest absolute Gasteiger partial charge is 0.0488 e. The molecular formula is C20H31N3. The van der Waals surface area contributed by atoms with E-state index in [9.17, 15) is 0 Å². The minimum atomic E-state index is 1.12. The fourth-order valence-corrected chi connectivity index (χ4v) is 3.95. The number of piperazine rings is 1. The largest absolute Gasteiger partial charge is 0.347 e. The highest BCUT2D eigenvalue weighted by Crippen LogP contribution is 2.28. The normalized spacial score (nSPS) is 16.3. The lowest BCUT2D eigenvalue weighted by Gasteiger charge is -2.27. The van der Waals surface area contributed by atoms with Crippen LogP contribution in [0.4, 0.5) is 0 Å². The first-order valence-electron chi connectivity index (χ1n) is 9.21. The maximum absolute atomic E-state index is 3.43. The molecule has 1 N–H and O–H groups in total. The van der Waals surface area contributed by atoms with E-state index in [2.05, 4.69) is 53.9 Å². The van der Waals surface area contributed by atoms with E-state index < -0.39 is 0 Å². The Bertz CT molecular complexity index is 650. The van der Waals surface area contributed by atoms with E-state index in [1.54, 1.807) is 5.56 Å². The number of fused-ring (bicyclic) bond motifs is 1. The third-order valence-electron chi connectivity index (χ3n) is 5.00. The van der Waals surface area contributed by atoms with Crippen LogP contribution in [-0.4, -0.2) is 42.2 Å². The summed E-state index contributed by atoms with van der Waals surface area (Å²) in [7, 11) is 0. The quantitative estimate of drug-likeness (QED) is 0.881. The number of nitrogens with one attached hydrogen (secondary N) is 1. The molecule has 1 saturated heterocycles. The number of hydrogen-bond acceptors (Lipinski definition) is 2. The van der Waals surface area contributed by atoms with Crippen LogP contribution in [-0.2, 0) is 13.0 Å². The first-order chi connectivity index (χ1) is 11.2. The van der Waals surface area contributed by atoms with E-state index >= 15 is 0 Å². The lowest BCUT2D eigenvalue weighted by molar-refractivity contribution is 0.238. The Morgan fingerprint density at radius 2 is 1.87 bits per heavy atom. The zero-order valence-electron chi connectivity index (χ0n) is 15.0. The van der Waals surface area contributed by atoms with Gasteiger partial charge in [0.25, 0.3) is 0 Å². The summed E-state index contributed by atoms with van der Waals surface area (Å²) < 4.78 is 2.47. The molecular weight excluding hydrogens is 282 g/mol. The van der Waals surface area contributed by atoms with E-state index in [0.29, 0.717) is 0 Å². The van der Waals surface area contributed by atoms with Crippen molar-refractivity contribution in [2.24, 2.45) is 0 Å². The Morgan fingerprint density at radius 1 is 1.09 bits per heavy atom. The molecule has 1 aromatic carbocycles. The summed E-state index contributed by atoms with van der Waals surface area (Å²) in [6.07, 6.45) is 6.06. The molecule has 0 amide bonds. The van der Waals surface area contributed by atoms with Crippen LogP contribution in [0.1, 0.15) is 36.5 Å². The molecule has 0 atom stereocenters. The average Bonchev–Trinajstić information content (AvgIpc) is 2.87. The van der Waals surface area contributed by atoms with Crippen LogP contribution in [0.15, 0.2) is 18.3 Å². The zero-order valence-corrected chi connectivity index (χ0v) is 15.0. The van der Waals surface area contributed by atoms with Crippen LogP contribution in [0.5, 0.6) is 0 Å². The second kappa shape index (κ2) is 7.50. The van der Waals surface area contributed by atoms with Gasteiger partial charge in [-0.3, -0.25) is 0 Å². The van der Waals surface area contributed by atoms with E-state index in [-0.39, 0.29) is 0 Å². The summed E-state index contributed by atoms with van der Waals surface area (Å²) >= 11 is 0. The van der Waals surface area contributed by atoms with Crippen molar-refractivity contribution in [1.29, 1.82) is 0 Å². The zero-order chi connectivity index (χ0) is 16.2. The van der Waals surface area contributed by atoms with Crippen molar-refractivity contribution >= 4 is 10.9 Å². The van der Waals surface area contributed by atoms with Crippen LogP contribution < -0.4 is 5.32 Å². The Morgan fingerprint density at radius 3 is 2.61 bits per heavy atom. The van der Waals surface area contributed by atoms with Crippen molar-refractivity contribution in [3.05, 3.63) is 35.0 Å². The van der Waals surface area contributed by atoms with Gasteiger partial charge in [-0.2, -0.15) is 0 Å². The van der Waals surface area contributed by atoms with Crippen molar-refractivity contribution in [3.63, 3.8) is 0 Å². The second-order valence-electron chi connectivity index (χ2n) is 7.02. The molecule has 2 heterocycles. The van der Waals surface area contributed by atoms with Gasteiger partial charge in [-0.25, -0.2) is 0 Å². The van der Waals surface area contributed by atoms with Gasteiger partial charge in [-0.15, -0.1) is 0 Å². The number of aryl methyl sites for hydroxylation is 4. The van der Waals surface area contributed by atoms with Gasteiger partial charge in [-0.1, -0.05) is 13.0 Å². The summed E-state index contributed by atoms with van der Waals surface area (Å²) in [6, 6.07) is 4.69. The van der Waals surface area contributed by atoms with Gasteiger partial charge in [0.05, 0.1) is 0 Å². The molecule has 2 aromatic rings. The molecule has 3 rings (SSSR count). The standard InChI is InChI=1S/C20H31N3/c1-4-9-23-15-18(6-5-10-22-11-7-21-8-12-22)20-17(3)13-16(2)14-19(20)23/h13-15,21H,4-12H2,1-3H3. The summed E-state index contributed by atoms with van der Waals surface area (Å²) in [5, 5.41) is 4.94. The number of hydrogen-bond donors (Lipinski definition) is 1. The van der Waals surface area contributed by atoms with Gasteiger partial charge < -0.3 is 14.8 Å². The highest BCUT2D eigenvalue weighted by molar-refractivity contribution is 5.88. The van der Waals surface area contributed by atoms with E-state index in [0.717, 1.165) is 19.6 Å². The van der Waals surface area contributed by atoms with Gasteiger partial charge in [0.1, 0.15) is 0 Å². The molecule has 1 aliphatic rings. The SMILES string of the molecule is CCCn1cc(CCCN2CCNCC2)c2c(C)cc(C)cc21. The second-order valence-corrected chi connectivity index (χ2v) is 7.02. The van der Waals surface area contributed by atoms with Crippen molar-refractivity contribution in [3.8, 4) is 0 Å². The topological polar surface area (TPSA) is 20.2 Å². The molecule has 1 aromatic heterocycles. The predicted octanol–water partition coefficient (Wildman–Crippen LogP) is 3.51. The van der Waals surface area contributed by atoms with Crippen molar-refractivity contribution in [2.45, 2.75) is 46.6 Å². The fourth-order valence-electron chi connectivity index (χ4n) is 3.95. The van der Waals surface area contributed by atoms with E-state index in [1.807, 2.05) is 0 Å². The molecule has 1 aliphatic heterocycles. The first-order valence-corrected chi connectivity index (χ1v) is 9.21. The lowest BCUT2D eigenvalue weighted by Crippen LogP contribution is -2.43. The van der Waals surface area contributed by atoms with Gasteiger partial charge in [0.15, 0.2) is 0 Å². The van der Waals surface area contributed by atoms with Crippen LogP contribution >= 0.6 is 0 Å². The van der Waals surface area contributed by atoms with Crippen molar-refractivity contribution < 1.29 is 0 Å². The maximum atomic E-state index is 3.43. The third-order valence-corrected chi connectivity index (χ3v) is 5.00. The fraction of sp³-hybridized carbons (Fsp3) is 0.600. The molecule has 0 unspecified atom stereocenters. The van der Waals surface area contributed by atoms with Gasteiger partial charge >= 0.3 is 0 Å². The predicted molar refractivity (Wildman–Crippen MR) is 99.3 cm³/mol. The van der Waals surface area contributed by atoms with Crippen LogP contribution in [0.25, 0.3) is 10.9 Å². The monoisotopic (exact) mass is 313 g/mol. The van der Waals surface area contributed by atoms with E-state index in [4.69, 9.17) is 0 Å². The molecule has 0 bridgehead atoms. The van der Waals surface area contributed by atoms with Gasteiger partial charge in [-0.05, 0) is 62.4 Å². The molecule has 3 nitrogen and oxygen atoms in total. The van der Waals surface area contributed by atoms with E-state index in [1.165, 1.54) is 60.9 Å². The summed E-state index contributed by atoms with van der Waals surface area (Å²) in [6.45, 7) is 13.8. The molecule has 3 heteroatoms. The molecule has 0 saturated carbocycles. The molecule has 1 fully saturated rings. The van der Waals surface area contributed by atoms with Crippen LogP contribution in [0.2, 0.25) is 0 Å². The Kier molecular flexibility index (Phi) is 5.39. The maximum Gasteiger partial charge on any atom is 0.0488 e. The number of aromatic nitrogens is 1. The Labute approximate surface area is 140 Å². The highest BCUT2D eigenvalue weighted by atomic mass is 15.2. The van der Waals surface area contributed by atoms with Crippen LogP contribution in [0.3, 0.4) is 0 Å². The van der Waals surface area contributed by atoms with Crippen molar-refractivity contribution in [1.82, 2.24) is 14.8 Å². The van der Waals surface area contributed by atoms with Crippen LogP contribution in [0, 0.1) is 13.8 Å². The van der Waals surface area contributed by atoms with Crippen molar-refractivity contribution in [2.75, 3.05) is 32.7 Å². The van der Waals surface area contributed by atoms with Gasteiger partial charge in [0.2, 0.25) is 0 Å². The first kappa shape index (κ1) is 16.5. The minimum absolute atomic E-state index is 1.12. The lowest BCUT2D eigenvalue weighted by atomic mass is 10.0. The highest BCUT2D eigenvalue weighted by Gasteiger charge is 2.13. The molecule has 126 valence electrons. The Hall–Kier alpha value is -1.32. The third kappa shape index (κ3) is 3.78. The molecule has 0 aliphatic carbocycles. The summed E-state index contributed by atoms with van der Waals surface area (Å²) in [5.74, 6) is 0.